The molecule has 3 N–H and O–H groups in total. The number of nitrogens with two attached hydrogens (primary N) is 1. The molecular weight excluding hydrogens is 274 g/mol. The van der Waals surface area contributed by atoms with Crippen molar-refractivity contribution in [3.63, 3.8) is 0 Å². The Hall–Kier alpha value is -1.40. The summed E-state index contributed by atoms with van der Waals surface area (Å²) < 4.78 is 0. The highest BCUT2D eigenvalue weighted by molar-refractivity contribution is 8.00. The Morgan fingerprint density at radius 3 is 2.94 bits per heavy atom. The first kappa shape index (κ1) is 13.0. The third-order valence-corrected chi connectivity index (χ3v) is 4.06. The third kappa shape index (κ3) is 2.70. The zero-order chi connectivity index (χ0) is 13.1. The van der Waals surface area contributed by atoms with Crippen molar-refractivity contribution < 1.29 is 9.59 Å². The minimum absolute atomic E-state index is 0.140. The van der Waals surface area contributed by atoms with Crippen LogP contribution >= 0.6 is 23.4 Å². The standard InChI is InChI=1S/C11H12ClN3O2S/c12-7-2-1-3-8(13)10(7)18-6-9(16)15-5-4-14-11(15)17/h1-3H,4-6,13H2,(H,14,17). The highest BCUT2D eigenvalue weighted by Crippen LogP contribution is 2.32. The first-order chi connectivity index (χ1) is 8.59. The van der Waals surface area contributed by atoms with E-state index < -0.39 is 0 Å². The van der Waals surface area contributed by atoms with Gasteiger partial charge in [0.05, 0.1) is 10.8 Å². The van der Waals surface area contributed by atoms with Crippen LogP contribution in [-0.4, -0.2) is 35.7 Å². The van der Waals surface area contributed by atoms with Gasteiger partial charge in [0.2, 0.25) is 5.91 Å². The van der Waals surface area contributed by atoms with Crippen molar-refractivity contribution in [2.75, 3.05) is 24.6 Å². The van der Waals surface area contributed by atoms with E-state index in [1.807, 2.05) is 0 Å². The molecule has 0 aliphatic carbocycles. The minimum atomic E-state index is -0.340. The van der Waals surface area contributed by atoms with Crippen LogP contribution in [0.25, 0.3) is 0 Å². The van der Waals surface area contributed by atoms with Gasteiger partial charge in [0.15, 0.2) is 0 Å². The highest BCUT2D eigenvalue weighted by atomic mass is 35.5. The van der Waals surface area contributed by atoms with Gasteiger partial charge in [-0.15, -0.1) is 11.8 Å². The molecule has 0 bridgehead atoms. The second kappa shape index (κ2) is 5.49. The van der Waals surface area contributed by atoms with Crippen molar-refractivity contribution in [1.82, 2.24) is 10.2 Å². The van der Waals surface area contributed by atoms with Crippen LogP contribution in [0.3, 0.4) is 0 Å². The lowest BCUT2D eigenvalue weighted by Crippen LogP contribution is -2.35. The Morgan fingerprint density at radius 2 is 2.33 bits per heavy atom. The van der Waals surface area contributed by atoms with Crippen LogP contribution in [0.2, 0.25) is 5.02 Å². The van der Waals surface area contributed by atoms with Crippen molar-refractivity contribution in [2.24, 2.45) is 0 Å². The molecule has 1 heterocycles. The maximum absolute atomic E-state index is 11.8. The molecule has 1 fully saturated rings. The first-order valence-electron chi connectivity index (χ1n) is 5.34. The van der Waals surface area contributed by atoms with Crippen LogP contribution in [0.1, 0.15) is 0 Å². The van der Waals surface area contributed by atoms with Gasteiger partial charge in [-0.1, -0.05) is 17.7 Å². The number of anilines is 1. The van der Waals surface area contributed by atoms with Gasteiger partial charge in [0.25, 0.3) is 0 Å². The van der Waals surface area contributed by atoms with Crippen molar-refractivity contribution in [3.8, 4) is 0 Å². The number of hydrogen-bond acceptors (Lipinski definition) is 4. The summed E-state index contributed by atoms with van der Waals surface area (Å²) in [5.74, 6) is -0.101. The van der Waals surface area contributed by atoms with E-state index in [-0.39, 0.29) is 17.7 Å². The lowest BCUT2D eigenvalue weighted by atomic mass is 10.3. The van der Waals surface area contributed by atoms with Gasteiger partial charge < -0.3 is 11.1 Å². The Morgan fingerprint density at radius 1 is 1.56 bits per heavy atom. The summed E-state index contributed by atoms with van der Waals surface area (Å²) in [6.07, 6.45) is 0. The summed E-state index contributed by atoms with van der Waals surface area (Å²) in [5.41, 5.74) is 6.31. The molecule has 1 aliphatic heterocycles. The van der Waals surface area contributed by atoms with Gasteiger partial charge in [-0.3, -0.25) is 9.69 Å². The summed E-state index contributed by atoms with van der Waals surface area (Å²) in [6, 6.07) is 4.85. The van der Waals surface area contributed by atoms with Crippen molar-refractivity contribution in [3.05, 3.63) is 23.2 Å². The summed E-state index contributed by atoms with van der Waals surface area (Å²) in [5, 5.41) is 3.09. The lowest BCUT2D eigenvalue weighted by molar-refractivity contribution is -0.124. The fourth-order valence-corrected chi connectivity index (χ4v) is 2.81. The smallest absolute Gasteiger partial charge is 0.324 e. The van der Waals surface area contributed by atoms with Crippen molar-refractivity contribution in [1.29, 1.82) is 0 Å². The number of benzene rings is 1. The van der Waals surface area contributed by atoms with Gasteiger partial charge in [-0.2, -0.15) is 0 Å². The van der Waals surface area contributed by atoms with E-state index >= 15 is 0 Å². The van der Waals surface area contributed by atoms with Crippen LogP contribution in [0.4, 0.5) is 10.5 Å². The molecule has 5 nitrogen and oxygen atoms in total. The molecule has 0 saturated carbocycles. The number of amides is 3. The van der Waals surface area contributed by atoms with Crippen molar-refractivity contribution >= 4 is 41.0 Å². The second-order valence-electron chi connectivity index (χ2n) is 3.72. The Kier molecular flexibility index (Phi) is 3.98. The quantitative estimate of drug-likeness (QED) is 0.653. The zero-order valence-corrected chi connectivity index (χ0v) is 11.1. The maximum Gasteiger partial charge on any atom is 0.324 e. The summed E-state index contributed by atoms with van der Waals surface area (Å²) in [4.78, 5) is 25.0. The number of nitrogens with zero attached hydrogens (tertiary/aromatic N) is 1. The number of urea groups is 1. The second-order valence-corrected chi connectivity index (χ2v) is 5.12. The number of carbonyl (C=O) groups is 2. The Labute approximate surface area is 114 Å². The number of rotatable bonds is 3. The molecule has 7 heteroatoms. The molecule has 1 aliphatic rings. The Bertz CT molecular complexity index is 475. The molecule has 96 valence electrons. The number of nitrogen functional groups attached to an aromatic ring is 1. The topological polar surface area (TPSA) is 75.4 Å². The number of nitrogens with one attached hydrogen (secondary N) is 1. The zero-order valence-electron chi connectivity index (χ0n) is 9.48. The molecule has 2 rings (SSSR count). The average Bonchev–Trinajstić information content (AvgIpc) is 2.74. The molecular formula is C11H12ClN3O2S. The molecule has 1 aromatic rings. The van der Waals surface area contributed by atoms with Gasteiger partial charge in [0.1, 0.15) is 0 Å². The fourth-order valence-electron chi connectivity index (χ4n) is 1.60. The number of thioether (sulfide) groups is 1. The van der Waals surface area contributed by atoms with Crippen molar-refractivity contribution in [2.45, 2.75) is 4.90 Å². The molecule has 0 unspecified atom stereocenters. The molecule has 18 heavy (non-hydrogen) atoms. The van der Waals surface area contributed by atoms with Gasteiger partial charge >= 0.3 is 6.03 Å². The number of halogens is 1. The molecule has 0 aromatic heterocycles. The molecule has 1 aromatic carbocycles. The van der Waals surface area contributed by atoms with E-state index in [0.717, 1.165) is 0 Å². The normalized spacial score (nSPS) is 14.7. The number of imide groups is 1. The van der Waals surface area contributed by atoms with E-state index in [1.54, 1.807) is 18.2 Å². The molecule has 1 saturated heterocycles. The molecule has 3 amide bonds. The SMILES string of the molecule is Nc1cccc(Cl)c1SCC(=O)N1CCNC1=O. The molecule has 0 spiro atoms. The predicted molar refractivity (Wildman–Crippen MR) is 71.7 cm³/mol. The van der Waals surface area contributed by atoms with E-state index in [9.17, 15) is 9.59 Å². The van der Waals surface area contributed by atoms with Gasteiger partial charge in [-0.25, -0.2) is 4.79 Å². The first-order valence-corrected chi connectivity index (χ1v) is 6.71. The Balaban J connectivity index is 1.99. The number of carbonyl (C=O) groups excluding carboxylic acids is 2. The summed E-state index contributed by atoms with van der Waals surface area (Å²) in [7, 11) is 0. The molecule has 0 radical (unpaired) electrons. The lowest BCUT2D eigenvalue weighted by Gasteiger charge is -2.12. The summed E-state index contributed by atoms with van der Waals surface area (Å²) in [6.45, 7) is 0.916. The predicted octanol–water partition coefficient (Wildman–Crippen LogP) is 1.57. The third-order valence-electron chi connectivity index (χ3n) is 2.50. The van der Waals surface area contributed by atoms with Crippen LogP contribution in [0.15, 0.2) is 23.1 Å². The van der Waals surface area contributed by atoms with Crippen LogP contribution in [-0.2, 0) is 4.79 Å². The van der Waals surface area contributed by atoms with Gasteiger partial charge in [-0.05, 0) is 12.1 Å². The maximum atomic E-state index is 11.8. The highest BCUT2D eigenvalue weighted by Gasteiger charge is 2.26. The fraction of sp³-hybridized carbons (Fsp3) is 0.273. The van der Waals surface area contributed by atoms with E-state index in [2.05, 4.69) is 5.32 Å². The van der Waals surface area contributed by atoms with Crippen LogP contribution in [0, 0.1) is 0 Å². The largest absolute Gasteiger partial charge is 0.398 e. The van der Waals surface area contributed by atoms with E-state index in [4.69, 9.17) is 17.3 Å². The van der Waals surface area contributed by atoms with Gasteiger partial charge in [0, 0.05) is 23.7 Å². The minimum Gasteiger partial charge on any atom is -0.398 e. The number of hydrogen-bond donors (Lipinski definition) is 2. The average molecular weight is 286 g/mol. The van der Waals surface area contributed by atoms with E-state index in [0.29, 0.717) is 28.7 Å². The monoisotopic (exact) mass is 285 g/mol. The van der Waals surface area contributed by atoms with Crippen LogP contribution in [0.5, 0.6) is 0 Å². The van der Waals surface area contributed by atoms with Crippen LogP contribution < -0.4 is 11.1 Å². The van der Waals surface area contributed by atoms with E-state index in [1.165, 1.54) is 16.7 Å². The summed E-state index contributed by atoms with van der Waals surface area (Å²) >= 11 is 7.24. The molecule has 0 atom stereocenters.